The molecule has 0 aliphatic carbocycles. The molecule has 0 saturated heterocycles. The highest BCUT2D eigenvalue weighted by Gasteiger charge is 1.70. The number of thiocarbonyl (C=S) groups is 1. The van der Waals surface area contributed by atoms with Gasteiger partial charge in [0, 0.05) is 10.9 Å². The average molecular weight is 111 g/mol. The van der Waals surface area contributed by atoms with Crippen molar-refractivity contribution in [3.63, 3.8) is 0 Å². The third-order valence-corrected chi connectivity index (χ3v) is 0.529. The highest BCUT2D eigenvalue weighted by Crippen LogP contribution is 1.75. The van der Waals surface area contributed by atoms with Crippen LogP contribution in [-0.2, 0) is 0 Å². The largest absolute Gasteiger partial charge is 0.193 e. The Balaban J connectivity index is 3.53. The van der Waals surface area contributed by atoms with E-state index in [2.05, 4.69) is 12.2 Å². The molecule has 0 atom stereocenters. The van der Waals surface area contributed by atoms with E-state index in [9.17, 15) is 0 Å². The second-order valence-corrected chi connectivity index (χ2v) is 1.72. The smallest absolute Gasteiger partial charge is 0.0912 e. The van der Waals surface area contributed by atoms with E-state index in [0.29, 0.717) is 0 Å². The lowest BCUT2D eigenvalue weighted by Gasteiger charge is -1.71. The van der Waals surface area contributed by atoms with Crippen molar-refractivity contribution in [2.75, 3.05) is 0 Å². The SMILES string of the molecule is CC(=S)/C=C/C#N. The first-order chi connectivity index (χ1) is 3.27. The third-order valence-electron chi connectivity index (χ3n) is 0.393. The molecule has 0 fully saturated rings. The minimum absolute atomic E-state index is 0.738. The van der Waals surface area contributed by atoms with E-state index in [4.69, 9.17) is 5.26 Å². The summed E-state index contributed by atoms with van der Waals surface area (Å²) in [6, 6.07) is 1.83. The summed E-state index contributed by atoms with van der Waals surface area (Å²) in [5, 5.41) is 7.92. The van der Waals surface area contributed by atoms with Crippen LogP contribution in [0.3, 0.4) is 0 Å². The predicted molar refractivity (Wildman–Crippen MR) is 33.0 cm³/mol. The standard InChI is InChI=1S/C5H5NS/c1-5(7)3-2-4-6/h2-3H,1H3/b3-2+. The van der Waals surface area contributed by atoms with Crippen LogP contribution in [0.2, 0.25) is 0 Å². The molecule has 0 bridgehead atoms. The maximum Gasteiger partial charge on any atom is 0.0912 e. The second-order valence-electron chi connectivity index (χ2n) is 1.07. The maximum atomic E-state index is 7.92. The molecule has 0 radical (unpaired) electrons. The van der Waals surface area contributed by atoms with Crippen molar-refractivity contribution in [3.05, 3.63) is 12.2 Å². The molecule has 1 nitrogen and oxygen atoms in total. The zero-order valence-corrected chi connectivity index (χ0v) is 4.83. The predicted octanol–water partition coefficient (Wildman–Crippen LogP) is 1.46. The van der Waals surface area contributed by atoms with E-state index in [0.717, 1.165) is 4.86 Å². The maximum absolute atomic E-state index is 7.92. The first-order valence-electron chi connectivity index (χ1n) is 1.84. The van der Waals surface area contributed by atoms with E-state index in [1.54, 1.807) is 13.0 Å². The van der Waals surface area contributed by atoms with Gasteiger partial charge < -0.3 is 0 Å². The number of allylic oxidation sites excluding steroid dienone is 2. The first kappa shape index (κ1) is 6.32. The second kappa shape index (κ2) is 3.51. The Bertz CT molecular complexity index is 130. The van der Waals surface area contributed by atoms with Crippen molar-refractivity contribution in [3.8, 4) is 6.07 Å². The minimum atomic E-state index is 0.738. The van der Waals surface area contributed by atoms with E-state index in [1.165, 1.54) is 6.08 Å². The van der Waals surface area contributed by atoms with Crippen LogP contribution in [0, 0.1) is 11.3 Å². The molecule has 0 N–H and O–H groups in total. The molecule has 0 heterocycles. The van der Waals surface area contributed by atoms with Crippen LogP contribution in [0.25, 0.3) is 0 Å². The summed E-state index contributed by atoms with van der Waals surface area (Å²) >= 11 is 4.62. The van der Waals surface area contributed by atoms with Crippen LogP contribution in [0.4, 0.5) is 0 Å². The summed E-state index contributed by atoms with van der Waals surface area (Å²) < 4.78 is 0. The molecule has 0 spiro atoms. The Morgan fingerprint density at radius 2 is 2.43 bits per heavy atom. The van der Waals surface area contributed by atoms with Gasteiger partial charge in [-0.3, -0.25) is 0 Å². The molecule has 0 aromatic heterocycles. The topological polar surface area (TPSA) is 23.8 Å². The molecule has 0 aromatic carbocycles. The summed E-state index contributed by atoms with van der Waals surface area (Å²) in [6.45, 7) is 1.77. The van der Waals surface area contributed by atoms with Gasteiger partial charge >= 0.3 is 0 Å². The van der Waals surface area contributed by atoms with Gasteiger partial charge in [-0.15, -0.1) is 0 Å². The summed E-state index contributed by atoms with van der Waals surface area (Å²) in [5.74, 6) is 0. The molecule has 0 aromatic rings. The van der Waals surface area contributed by atoms with Gasteiger partial charge in [-0.25, -0.2) is 0 Å². The Hall–Kier alpha value is -0.680. The van der Waals surface area contributed by atoms with Crippen LogP contribution in [0.15, 0.2) is 12.2 Å². The lowest BCUT2D eigenvalue weighted by Crippen LogP contribution is -1.71. The first-order valence-corrected chi connectivity index (χ1v) is 2.25. The lowest BCUT2D eigenvalue weighted by atomic mass is 10.4. The Morgan fingerprint density at radius 3 is 2.57 bits per heavy atom. The number of hydrogen-bond acceptors (Lipinski definition) is 2. The molecular weight excluding hydrogens is 106 g/mol. The molecule has 0 aliphatic rings. The van der Waals surface area contributed by atoms with Gasteiger partial charge in [-0.2, -0.15) is 5.26 Å². The molecule has 0 saturated carbocycles. The Labute approximate surface area is 48.3 Å². The summed E-state index contributed by atoms with van der Waals surface area (Å²) in [6.07, 6.45) is 2.96. The number of nitriles is 1. The van der Waals surface area contributed by atoms with Crippen LogP contribution < -0.4 is 0 Å². The van der Waals surface area contributed by atoms with Crippen molar-refractivity contribution in [2.45, 2.75) is 6.92 Å². The highest BCUT2D eigenvalue weighted by molar-refractivity contribution is 7.80. The number of nitrogens with zero attached hydrogens (tertiary/aromatic N) is 1. The van der Waals surface area contributed by atoms with E-state index < -0.39 is 0 Å². The number of hydrogen-bond donors (Lipinski definition) is 0. The summed E-state index contributed by atoms with van der Waals surface area (Å²) in [7, 11) is 0. The molecular formula is C5H5NS. The fourth-order valence-electron chi connectivity index (χ4n) is 0.155. The van der Waals surface area contributed by atoms with Gasteiger partial charge in [0.2, 0.25) is 0 Å². The fourth-order valence-corrected chi connectivity index (χ4v) is 0.223. The zero-order chi connectivity index (χ0) is 5.70. The van der Waals surface area contributed by atoms with E-state index in [1.807, 2.05) is 6.07 Å². The number of rotatable bonds is 1. The van der Waals surface area contributed by atoms with E-state index >= 15 is 0 Å². The monoisotopic (exact) mass is 111 g/mol. The molecule has 0 amide bonds. The Kier molecular flexibility index (Phi) is 3.17. The van der Waals surface area contributed by atoms with Gasteiger partial charge in [0.1, 0.15) is 0 Å². The van der Waals surface area contributed by atoms with Crippen molar-refractivity contribution in [2.24, 2.45) is 0 Å². The van der Waals surface area contributed by atoms with Gasteiger partial charge in [0.25, 0.3) is 0 Å². The molecule has 0 aliphatic heterocycles. The summed E-state index contributed by atoms with van der Waals surface area (Å²) in [5.41, 5.74) is 0. The molecule has 2 heteroatoms. The van der Waals surface area contributed by atoms with Crippen LogP contribution in [0.5, 0.6) is 0 Å². The van der Waals surface area contributed by atoms with Gasteiger partial charge in [0.05, 0.1) is 6.07 Å². The van der Waals surface area contributed by atoms with E-state index in [-0.39, 0.29) is 0 Å². The van der Waals surface area contributed by atoms with Crippen molar-refractivity contribution >= 4 is 17.1 Å². The average Bonchev–Trinajstić information content (AvgIpc) is 1.61. The molecule has 7 heavy (non-hydrogen) atoms. The minimum Gasteiger partial charge on any atom is -0.193 e. The fraction of sp³-hybridized carbons (Fsp3) is 0.200. The lowest BCUT2D eigenvalue weighted by molar-refractivity contribution is 1.53. The molecule has 0 unspecified atom stereocenters. The molecule has 36 valence electrons. The van der Waals surface area contributed by atoms with Gasteiger partial charge in [-0.05, 0) is 13.0 Å². The van der Waals surface area contributed by atoms with Crippen LogP contribution in [-0.4, -0.2) is 4.86 Å². The van der Waals surface area contributed by atoms with Crippen molar-refractivity contribution < 1.29 is 0 Å². The normalized spacial score (nSPS) is 8.57. The van der Waals surface area contributed by atoms with Crippen molar-refractivity contribution in [1.82, 2.24) is 0 Å². The molecule has 0 rings (SSSR count). The van der Waals surface area contributed by atoms with Gasteiger partial charge in [0.15, 0.2) is 0 Å². The Morgan fingerprint density at radius 1 is 1.86 bits per heavy atom. The third kappa shape index (κ3) is 5.32. The van der Waals surface area contributed by atoms with Crippen LogP contribution >= 0.6 is 12.2 Å². The summed E-state index contributed by atoms with van der Waals surface area (Å²) in [4.78, 5) is 0.738. The highest BCUT2D eigenvalue weighted by atomic mass is 32.1. The van der Waals surface area contributed by atoms with Crippen LogP contribution in [0.1, 0.15) is 6.92 Å². The van der Waals surface area contributed by atoms with Gasteiger partial charge in [-0.1, -0.05) is 12.2 Å². The zero-order valence-electron chi connectivity index (χ0n) is 4.01. The van der Waals surface area contributed by atoms with Crippen molar-refractivity contribution in [1.29, 1.82) is 5.26 Å². The quantitative estimate of drug-likeness (QED) is 0.290.